The van der Waals surface area contributed by atoms with Crippen molar-refractivity contribution in [1.29, 1.82) is 0 Å². The molecule has 1 aliphatic heterocycles. The number of hydrogen-bond acceptors (Lipinski definition) is 4. The van der Waals surface area contributed by atoms with Crippen LogP contribution in [0.5, 0.6) is 0 Å². The van der Waals surface area contributed by atoms with Gasteiger partial charge in [-0.15, -0.1) is 0 Å². The predicted molar refractivity (Wildman–Crippen MR) is 84.0 cm³/mol. The molecular formula is C15H17N3OS. The lowest BCUT2D eigenvalue weighted by Gasteiger charge is -2.24. The van der Waals surface area contributed by atoms with Gasteiger partial charge in [0, 0.05) is 30.4 Å². The van der Waals surface area contributed by atoms with Crippen molar-refractivity contribution in [2.24, 2.45) is 0 Å². The number of rotatable bonds is 2. The number of hydrogen-bond donors (Lipinski definition) is 1. The Morgan fingerprint density at radius 3 is 2.85 bits per heavy atom. The first-order valence-electron chi connectivity index (χ1n) is 6.66. The van der Waals surface area contributed by atoms with E-state index in [0.29, 0.717) is 17.4 Å². The number of carbonyl (C=O) groups excluding carboxylic acids is 1. The Bertz CT molecular complexity index is 653. The van der Waals surface area contributed by atoms with E-state index in [1.165, 1.54) is 0 Å². The summed E-state index contributed by atoms with van der Waals surface area (Å²) in [4.78, 5) is 18.7. The van der Waals surface area contributed by atoms with Crippen molar-refractivity contribution in [1.82, 2.24) is 9.88 Å². The van der Waals surface area contributed by atoms with Gasteiger partial charge in [-0.25, -0.2) is 4.98 Å². The fourth-order valence-electron chi connectivity index (χ4n) is 2.57. The van der Waals surface area contributed by atoms with Gasteiger partial charge in [0.05, 0.1) is 5.56 Å². The number of pyridine rings is 1. The third kappa shape index (κ3) is 2.22. The Labute approximate surface area is 122 Å². The number of benzene rings is 1. The van der Waals surface area contributed by atoms with Crippen LogP contribution in [-0.4, -0.2) is 40.4 Å². The first-order chi connectivity index (χ1) is 9.68. The van der Waals surface area contributed by atoms with Crippen LogP contribution in [0.2, 0.25) is 0 Å². The van der Waals surface area contributed by atoms with Gasteiger partial charge in [-0.3, -0.25) is 4.79 Å². The number of thioether (sulfide) groups is 1. The first kappa shape index (κ1) is 13.2. The molecule has 0 saturated carbocycles. The molecule has 2 N–H and O–H groups in total. The molecule has 1 aliphatic rings. The molecule has 1 saturated heterocycles. The van der Waals surface area contributed by atoms with Gasteiger partial charge in [0.25, 0.3) is 5.91 Å². The summed E-state index contributed by atoms with van der Waals surface area (Å²) in [6.45, 7) is 0. The average Bonchev–Trinajstić information content (AvgIpc) is 3.01. The van der Waals surface area contributed by atoms with Crippen molar-refractivity contribution in [2.45, 2.75) is 12.5 Å². The van der Waals surface area contributed by atoms with E-state index in [9.17, 15) is 4.79 Å². The molecule has 1 fully saturated rings. The van der Waals surface area contributed by atoms with Crippen molar-refractivity contribution < 1.29 is 4.79 Å². The van der Waals surface area contributed by atoms with E-state index < -0.39 is 0 Å². The van der Waals surface area contributed by atoms with Crippen LogP contribution in [0.3, 0.4) is 0 Å². The second-order valence-electron chi connectivity index (χ2n) is 5.04. The first-order valence-corrected chi connectivity index (χ1v) is 7.82. The van der Waals surface area contributed by atoms with Crippen molar-refractivity contribution in [2.75, 3.05) is 24.3 Å². The van der Waals surface area contributed by atoms with E-state index >= 15 is 0 Å². The maximum atomic E-state index is 12.7. The van der Waals surface area contributed by atoms with Gasteiger partial charge in [-0.05, 0) is 17.6 Å². The number of carbonyl (C=O) groups is 1. The number of amides is 1. The molecule has 104 valence electrons. The minimum atomic E-state index is 0.0289. The largest absolute Gasteiger partial charge is 0.383 e. The highest BCUT2D eigenvalue weighted by Gasteiger charge is 2.25. The molecule has 4 nitrogen and oxygen atoms in total. The lowest BCUT2D eigenvalue weighted by molar-refractivity contribution is 0.0749. The minimum absolute atomic E-state index is 0.0289. The van der Waals surface area contributed by atoms with Gasteiger partial charge < -0.3 is 10.6 Å². The summed E-state index contributed by atoms with van der Waals surface area (Å²) in [5.41, 5.74) is 6.52. The van der Waals surface area contributed by atoms with Crippen LogP contribution >= 0.6 is 11.8 Å². The molecule has 2 heterocycles. The summed E-state index contributed by atoms with van der Waals surface area (Å²) in [6.07, 6.45) is 2.66. The van der Waals surface area contributed by atoms with E-state index in [0.717, 1.165) is 28.7 Å². The zero-order chi connectivity index (χ0) is 14.1. The van der Waals surface area contributed by atoms with Gasteiger partial charge >= 0.3 is 0 Å². The summed E-state index contributed by atoms with van der Waals surface area (Å²) < 4.78 is 0. The number of nitrogens with zero attached hydrogens (tertiary/aromatic N) is 2. The van der Waals surface area contributed by atoms with Gasteiger partial charge in [-0.1, -0.05) is 24.3 Å². The Morgan fingerprint density at radius 2 is 2.15 bits per heavy atom. The minimum Gasteiger partial charge on any atom is -0.383 e. The van der Waals surface area contributed by atoms with E-state index in [2.05, 4.69) is 4.98 Å². The number of nitrogens with two attached hydrogens (primary N) is 1. The zero-order valence-electron chi connectivity index (χ0n) is 11.4. The van der Waals surface area contributed by atoms with Crippen LogP contribution in [0, 0.1) is 0 Å². The molecule has 0 spiro atoms. The van der Waals surface area contributed by atoms with Crippen molar-refractivity contribution in [3.05, 3.63) is 36.0 Å². The highest BCUT2D eigenvalue weighted by atomic mass is 32.2. The maximum Gasteiger partial charge on any atom is 0.256 e. The fraction of sp³-hybridized carbons (Fsp3) is 0.333. The Hall–Kier alpha value is -1.75. The maximum absolute atomic E-state index is 12.7. The molecule has 5 heteroatoms. The van der Waals surface area contributed by atoms with Crippen molar-refractivity contribution in [3.8, 4) is 0 Å². The van der Waals surface area contributed by atoms with E-state index in [1.807, 2.05) is 48.0 Å². The van der Waals surface area contributed by atoms with Crippen LogP contribution < -0.4 is 5.73 Å². The third-order valence-electron chi connectivity index (χ3n) is 3.83. The quantitative estimate of drug-likeness (QED) is 0.921. The van der Waals surface area contributed by atoms with Gasteiger partial charge in [-0.2, -0.15) is 11.8 Å². The lowest BCUT2D eigenvalue weighted by Crippen LogP contribution is -2.37. The van der Waals surface area contributed by atoms with Gasteiger partial charge in [0.2, 0.25) is 0 Å². The van der Waals surface area contributed by atoms with Crippen LogP contribution in [0.4, 0.5) is 5.82 Å². The van der Waals surface area contributed by atoms with Crippen molar-refractivity contribution >= 4 is 34.3 Å². The third-order valence-corrected chi connectivity index (χ3v) is 4.97. The average molecular weight is 287 g/mol. The highest BCUT2D eigenvalue weighted by Crippen LogP contribution is 2.26. The zero-order valence-corrected chi connectivity index (χ0v) is 12.2. The topological polar surface area (TPSA) is 59.2 Å². The molecule has 1 aromatic carbocycles. The molecule has 0 radical (unpaired) electrons. The molecule has 3 rings (SSSR count). The predicted octanol–water partition coefficient (Wildman–Crippen LogP) is 2.39. The van der Waals surface area contributed by atoms with Crippen LogP contribution in [0.25, 0.3) is 10.8 Å². The SMILES string of the molecule is CN(C(=O)c1cnc(N)c2ccccc12)C1CCSC1. The molecule has 20 heavy (non-hydrogen) atoms. The summed E-state index contributed by atoms with van der Waals surface area (Å²) in [7, 11) is 1.88. The Morgan fingerprint density at radius 1 is 1.40 bits per heavy atom. The standard InChI is InChI=1S/C15H17N3OS/c1-18(10-6-7-20-9-10)15(19)13-8-17-14(16)12-5-3-2-4-11(12)13/h2-5,8,10H,6-7,9H2,1H3,(H2,16,17). The van der Waals surface area contributed by atoms with E-state index in [-0.39, 0.29) is 5.91 Å². The Kier molecular flexibility index (Phi) is 3.53. The summed E-state index contributed by atoms with van der Waals surface area (Å²) in [5, 5.41) is 1.72. The normalized spacial score (nSPS) is 18.4. The summed E-state index contributed by atoms with van der Waals surface area (Å²) in [5.74, 6) is 2.64. The molecular weight excluding hydrogens is 270 g/mol. The molecule has 1 unspecified atom stereocenters. The second-order valence-corrected chi connectivity index (χ2v) is 6.19. The van der Waals surface area contributed by atoms with Crippen LogP contribution in [0.15, 0.2) is 30.5 Å². The molecule has 1 aromatic heterocycles. The molecule has 2 aromatic rings. The smallest absolute Gasteiger partial charge is 0.256 e. The monoisotopic (exact) mass is 287 g/mol. The van der Waals surface area contributed by atoms with Crippen molar-refractivity contribution in [3.63, 3.8) is 0 Å². The number of aromatic nitrogens is 1. The van der Waals surface area contributed by atoms with Crippen LogP contribution in [-0.2, 0) is 0 Å². The lowest BCUT2D eigenvalue weighted by atomic mass is 10.1. The molecule has 0 bridgehead atoms. The molecule has 1 amide bonds. The van der Waals surface area contributed by atoms with E-state index in [4.69, 9.17) is 5.73 Å². The van der Waals surface area contributed by atoms with Gasteiger partial charge in [0.1, 0.15) is 5.82 Å². The summed E-state index contributed by atoms with van der Waals surface area (Å²) >= 11 is 1.90. The number of anilines is 1. The Balaban J connectivity index is 2.01. The fourth-order valence-corrected chi connectivity index (χ4v) is 3.84. The number of fused-ring (bicyclic) bond motifs is 1. The second kappa shape index (κ2) is 5.32. The van der Waals surface area contributed by atoms with Gasteiger partial charge in [0.15, 0.2) is 0 Å². The van der Waals surface area contributed by atoms with Crippen LogP contribution in [0.1, 0.15) is 16.8 Å². The molecule has 0 aliphatic carbocycles. The highest BCUT2D eigenvalue weighted by molar-refractivity contribution is 7.99. The number of nitrogen functional groups attached to an aromatic ring is 1. The molecule has 1 atom stereocenters. The summed E-state index contributed by atoms with van der Waals surface area (Å²) in [6, 6.07) is 7.98. The van der Waals surface area contributed by atoms with E-state index in [1.54, 1.807) is 6.20 Å².